The summed E-state index contributed by atoms with van der Waals surface area (Å²) in [6, 6.07) is 12.7. The Morgan fingerprint density at radius 2 is 2.06 bits per heavy atom. The predicted molar refractivity (Wildman–Crippen MR) is 110 cm³/mol. The molecule has 0 bridgehead atoms. The van der Waals surface area contributed by atoms with Gasteiger partial charge in [-0.3, -0.25) is 4.79 Å². The summed E-state index contributed by atoms with van der Waals surface area (Å²) in [5, 5.41) is 3.66. The topological polar surface area (TPSA) is 78.5 Å². The molecule has 1 saturated heterocycles. The second kappa shape index (κ2) is 8.50. The lowest BCUT2D eigenvalue weighted by Crippen LogP contribution is -2.33. The second-order valence-corrected chi connectivity index (χ2v) is 7.47. The van der Waals surface area contributed by atoms with E-state index in [9.17, 15) is 18.0 Å². The Labute approximate surface area is 176 Å². The van der Waals surface area contributed by atoms with Crippen LogP contribution in [-0.4, -0.2) is 36.1 Å². The van der Waals surface area contributed by atoms with Gasteiger partial charge in [0.15, 0.2) is 0 Å². The monoisotopic (exact) mass is 433 g/mol. The first-order valence-corrected chi connectivity index (χ1v) is 9.92. The van der Waals surface area contributed by atoms with Crippen LogP contribution in [0.4, 0.5) is 18.9 Å². The smallest absolute Gasteiger partial charge is 0.406 e. The number of nitrogens with two attached hydrogens (primary N) is 1. The van der Waals surface area contributed by atoms with Gasteiger partial charge in [-0.2, -0.15) is 0 Å². The van der Waals surface area contributed by atoms with Crippen molar-refractivity contribution in [3.05, 3.63) is 59.8 Å². The van der Waals surface area contributed by atoms with Gasteiger partial charge in [-0.25, -0.2) is 0 Å². The van der Waals surface area contributed by atoms with Crippen LogP contribution in [0.1, 0.15) is 28.9 Å². The number of hydrogen-bond donors (Lipinski definition) is 2. The molecule has 3 aromatic rings. The molecule has 164 valence electrons. The number of ether oxygens (including phenoxy) is 2. The van der Waals surface area contributed by atoms with Gasteiger partial charge < -0.3 is 25.1 Å². The number of hydrogen-bond acceptors (Lipinski definition) is 4. The Kier molecular flexibility index (Phi) is 5.77. The number of nitrogens with zero attached hydrogens (tertiary/aromatic N) is 1. The number of rotatable bonds is 6. The van der Waals surface area contributed by atoms with Crippen molar-refractivity contribution in [1.29, 1.82) is 0 Å². The van der Waals surface area contributed by atoms with Crippen molar-refractivity contribution < 1.29 is 27.4 Å². The van der Waals surface area contributed by atoms with E-state index in [-0.39, 0.29) is 24.3 Å². The van der Waals surface area contributed by atoms with Gasteiger partial charge in [0, 0.05) is 36.3 Å². The molecule has 0 radical (unpaired) electrons. The molecule has 1 aromatic heterocycles. The average Bonchev–Trinajstić information content (AvgIpc) is 3.33. The molecule has 1 atom stereocenters. The zero-order valence-electron chi connectivity index (χ0n) is 16.6. The molecule has 4 rings (SSSR count). The highest BCUT2D eigenvalue weighted by molar-refractivity contribution is 5.99. The van der Waals surface area contributed by atoms with Gasteiger partial charge in [0.1, 0.15) is 11.4 Å². The summed E-state index contributed by atoms with van der Waals surface area (Å²) >= 11 is 0. The fourth-order valence-corrected chi connectivity index (χ4v) is 3.77. The summed E-state index contributed by atoms with van der Waals surface area (Å²) in [6.45, 7) is 1.28. The average molecular weight is 433 g/mol. The molecule has 1 amide bonds. The number of aromatic nitrogens is 1. The molecular formula is C22H22F3N3O3. The number of nitrogens with one attached hydrogen (secondary N) is 1. The molecule has 2 aromatic carbocycles. The number of halogens is 3. The van der Waals surface area contributed by atoms with E-state index in [4.69, 9.17) is 10.5 Å². The molecule has 1 aliphatic heterocycles. The minimum Gasteiger partial charge on any atom is -0.406 e. The van der Waals surface area contributed by atoms with Gasteiger partial charge in [0.05, 0.1) is 6.10 Å². The van der Waals surface area contributed by atoms with Gasteiger partial charge in [0.25, 0.3) is 5.91 Å². The zero-order chi connectivity index (χ0) is 22.0. The quantitative estimate of drug-likeness (QED) is 0.575. The van der Waals surface area contributed by atoms with E-state index in [1.165, 1.54) is 18.2 Å². The van der Waals surface area contributed by atoms with E-state index in [0.717, 1.165) is 23.7 Å². The highest BCUT2D eigenvalue weighted by Crippen LogP contribution is 2.27. The van der Waals surface area contributed by atoms with Crippen LogP contribution >= 0.6 is 0 Å². The van der Waals surface area contributed by atoms with Crippen LogP contribution < -0.4 is 15.8 Å². The number of alkyl halides is 3. The molecule has 1 unspecified atom stereocenters. The summed E-state index contributed by atoms with van der Waals surface area (Å²) in [6.07, 6.45) is -2.92. The van der Waals surface area contributed by atoms with Crippen LogP contribution in [-0.2, 0) is 11.3 Å². The second-order valence-electron chi connectivity index (χ2n) is 7.47. The van der Waals surface area contributed by atoms with Gasteiger partial charge in [-0.15, -0.1) is 13.2 Å². The summed E-state index contributed by atoms with van der Waals surface area (Å²) in [5.41, 5.74) is 8.13. The van der Waals surface area contributed by atoms with Crippen molar-refractivity contribution in [1.82, 2.24) is 9.88 Å². The van der Waals surface area contributed by atoms with Gasteiger partial charge >= 0.3 is 6.36 Å². The fourth-order valence-electron chi connectivity index (χ4n) is 3.77. The Morgan fingerprint density at radius 1 is 1.23 bits per heavy atom. The van der Waals surface area contributed by atoms with Crippen LogP contribution in [0, 0.1) is 0 Å². The number of benzene rings is 2. The lowest BCUT2D eigenvalue weighted by molar-refractivity contribution is -0.274. The molecule has 0 aliphatic carbocycles. The highest BCUT2D eigenvalue weighted by atomic mass is 19.4. The maximum atomic E-state index is 12.9. The molecule has 1 fully saturated rings. The third kappa shape index (κ3) is 5.11. The molecule has 3 N–H and O–H groups in total. The first-order valence-electron chi connectivity index (χ1n) is 9.92. The van der Waals surface area contributed by atoms with E-state index in [2.05, 4.69) is 10.1 Å². The van der Waals surface area contributed by atoms with Gasteiger partial charge in [-0.05, 0) is 54.8 Å². The molecule has 0 spiro atoms. The maximum absolute atomic E-state index is 12.9. The summed E-state index contributed by atoms with van der Waals surface area (Å²) < 4.78 is 49.1. The molecule has 1 aliphatic rings. The van der Waals surface area contributed by atoms with Gasteiger partial charge in [-0.1, -0.05) is 12.1 Å². The predicted octanol–water partition coefficient (Wildman–Crippen LogP) is 4.08. The van der Waals surface area contributed by atoms with E-state index >= 15 is 0 Å². The normalized spacial score (nSPS) is 16.5. The first kappa shape index (κ1) is 21.0. The lowest BCUT2D eigenvalue weighted by Gasteiger charge is -2.14. The number of amides is 1. The summed E-state index contributed by atoms with van der Waals surface area (Å²) in [4.78, 5) is 12.9. The van der Waals surface area contributed by atoms with Crippen LogP contribution in [0.3, 0.4) is 0 Å². The van der Waals surface area contributed by atoms with Crippen LogP contribution in [0.25, 0.3) is 10.9 Å². The van der Waals surface area contributed by atoms with Gasteiger partial charge in [0.2, 0.25) is 0 Å². The maximum Gasteiger partial charge on any atom is 0.573 e. The summed E-state index contributed by atoms with van der Waals surface area (Å²) in [7, 11) is 0. The van der Waals surface area contributed by atoms with Crippen LogP contribution in [0.5, 0.6) is 5.75 Å². The molecular weight excluding hydrogens is 411 g/mol. The van der Waals surface area contributed by atoms with E-state index < -0.39 is 6.36 Å². The SMILES string of the molecule is Nc1ccc2c(c1)cc(C(=O)NCC1CCCO1)n2Cc1cccc(OC(F)(F)F)c1. The third-order valence-electron chi connectivity index (χ3n) is 5.15. The first-order chi connectivity index (χ1) is 14.8. The zero-order valence-corrected chi connectivity index (χ0v) is 16.6. The Morgan fingerprint density at radius 3 is 2.81 bits per heavy atom. The van der Waals surface area contributed by atoms with E-state index in [0.29, 0.717) is 30.1 Å². The van der Waals surface area contributed by atoms with Crippen molar-refractivity contribution >= 4 is 22.5 Å². The van der Waals surface area contributed by atoms with Crippen LogP contribution in [0.2, 0.25) is 0 Å². The number of anilines is 1. The van der Waals surface area contributed by atoms with Crippen molar-refractivity contribution in [2.45, 2.75) is 31.9 Å². The number of nitrogen functional groups attached to an aromatic ring is 1. The number of carbonyl (C=O) groups excluding carboxylic acids is 1. The van der Waals surface area contributed by atoms with E-state index in [1.807, 2.05) is 0 Å². The third-order valence-corrected chi connectivity index (χ3v) is 5.15. The Bertz CT molecular complexity index is 1090. The largest absolute Gasteiger partial charge is 0.573 e. The minimum absolute atomic E-state index is 0.00591. The molecule has 2 heterocycles. The van der Waals surface area contributed by atoms with Crippen molar-refractivity contribution in [3.63, 3.8) is 0 Å². The van der Waals surface area contributed by atoms with Crippen molar-refractivity contribution in [3.8, 4) is 5.75 Å². The lowest BCUT2D eigenvalue weighted by atomic mass is 10.2. The Balaban J connectivity index is 1.63. The minimum atomic E-state index is -4.77. The molecule has 9 heteroatoms. The van der Waals surface area contributed by atoms with Crippen molar-refractivity contribution in [2.24, 2.45) is 0 Å². The highest BCUT2D eigenvalue weighted by Gasteiger charge is 2.31. The Hall–Kier alpha value is -3.20. The molecule has 6 nitrogen and oxygen atoms in total. The fraction of sp³-hybridized carbons (Fsp3) is 0.318. The molecule has 0 saturated carbocycles. The van der Waals surface area contributed by atoms with Crippen LogP contribution in [0.15, 0.2) is 48.5 Å². The standard InChI is InChI=1S/C22H22F3N3O3/c23-22(24,25)31-17-4-1-3-14(9-17)13-28-19-7-6-16(26)10-15(19)11-20(28)21(29)27-12-18-5-2-8-30-18/h1,3-4,6-7,9-11,18H,2,5,8,12-13,26H2,(H,27,29). The summed E-state index contributed by atoms with van der Waals surface area (Å²) in [5.74, 6) is -0.594. The molecule has 31 heavy (non-hydrogen) atoms. The van der Waals surface area contributed by atoms with Crippen molar-refractivity contribution in [2.75, 3.05) is 18.9 Å². The van der Waals surface area contributed by atoms with E-state index in [1.54, 1.807) is 34.9 Å². The number of carbonyl (C=O) groups is 1. The number of fused-ring (bicyclic) bond motifs is 1.